The lowest BCUT2D eigenvalue weighted by Crippen LogP contribution is -2.18. The summed E-state index contributed by atoms with van der Waals surface area (Å²) in [5.74, 6) is 0. The first-order valence-electron chi connectivity index (χ1n) is 5.50. The number of rotatable bonds is 0. The Bertz CT molecular complexity index is 792. The number of anilines is 1. The molecule has 1 unspecified atom stereocenters. The van der Waals surface area contributed by atoms with Gasteiger partial charge in [-0.15, -0.1) is 10.5 Å². The molecule has 0 radical (unpaired) electrons. The van der Waals surface area contributed by atoms with Crippen LogP contribution < -0.4 is 5.32 Å². The largest absolute Gasteiger partial charge is 0.340 e. The highest BCUT2D eigenvalue weighted by atomic mass is 32.2. The molecular weight excluding hydrogens is 266 g/mol. The second-order valence-electron chi connectivity index (χ2n) is 4.35. The smallest absolute Gasteiger partial charge is 0.196 e. The van der Waals surface area contributed by atoms with Crippen LogP contribution >= 0.6 is 10.5 Å². The van der Waals surface area contributed by atoms with Gasteiger partial charge in [0.15, 0.2) is 14.2 Å². The summed E-state index contributed by atoms with van der Waals surface area (Å²) < 4.78 is 23.9. The Kier molecular flexibility index (Phi) is 2.50. The van der Waals surface area contributed by atoms with Gasteiger partial charge in [-0.05, 0) is 17.7 Å². The highest BCUT2D eigenvalue weighted by Crippen LogP contribution is 2.43. The molecule has 18 heavy (non-hydrogen) atoms. The zero-order valence-corrected chi connectivity index (χ0v) is 11.7. The molecule has 2 aromatic rings. The van der Waals surface area contributed by atoms with Crippen LogP contribution in [-0.2, 0) is 9.84 Å². The van der Waals surface area contributed by atoms with Crippen LogP contribution in [0.4, 0.5) is 5.69 Å². The molecule has 0 aliphatic carbocycles. The molecular formula is C13H13NO2S2. The van der Waals surface area contributed by atoms with Gasteiger partial charge >= 0.3 is 0 Å². The molecule has 1 N–H and O–H groups in total. The van der Waals surface area contributed by atoms with Crippen LogP contribution in [0.15, 0.2) is 41.3 Å². The van der Waals surface area contributed by atoms with E-state index in [0.717, 1.165) is 21.4 Å². The maximum atomic E-state index is 11.8. The number of benzene rings is 2. The second kappa shape index (κ2) is 3.83. The van der Waals surface area contributed by atoms with Crippen molar-refractivity contribution in [2.24, 2.45) is 0 Å². The summed E-state index contributed by atoms with van der Waals surface area (Å²) in [4.78, 5) is 1.08. The van der Waals surface area contributed by atoms with Crippen molar-refractivity contribution in [1.82, 2.24) is 0 Å². The lowest BCUT2D eigenvalue weighted by Gasteiger charge is -2.06. The highest BCUT2D eigenvalue weighted by molar-refractivity contribution is 8.30. The molecule has 1 aliphatic rings. The Hall–Kier alpha value is -1.33. The molecule has 0 amide bonds. The molecule has 1 atom stereocenters. The number of nitrogens with one attached hydrogen (secondary N) is 1. The average Bonchev–Trinajstić information content (AvgIpc) is 2.67. The number of hydrogen-bond donors (Lipinski definition) is 1. The average molecular weight is 279 g/mol. The van der Waals surface area contributed by atoms with E-state index in [1.54, 1.807) is 0 Å². The molecule has 94 valence electrons. The van der Waals surface area contributed by atoms with Gasteiger partial charge in [0.25, 0.3) is 0 Å². The van der Waals surface area contributed by atoms with Gasteiger partial charge in [0, 0.05) is 16.5 Å². The minimum absolute atomic E-state index is 0.393. The fourth-order valence-electron chi connectivity index (χ4n) is 2.23. The van der Waals surface area contributed by atoms with Crippen molar-refractivity contribution in [2.75, 3.05) is 17.8 Å². The van der Waals surface area contributed by atoms with Crippen molar-refractivity contribution in [1.29, 1.82) is 0 Å². The van der Waals surface area contributed by atoms with Gasteiger partial charge in [0.2, 0.25) is 0 Å². The quantitative estimate of drug-likeness (QED) is 0.754. The lowest BCUT2D eigenvalue weighted by molar-refractivity contribution is 0.613. The summed E-state index contributed by atoms with van der Waals surface area (Å²) in [6.45, 7) is 0. The van der Waals surface area contributed by atoms with Crippen LogP contribution in [0.2, 0.25) is 0 Å². The van der Waals surface area contributed by atoms with Gasteiger partial charge in [0.1, 0.15) is 0 Å². The SMILES string of the molecule is CS1=C(S(C)(=O)=O)Nc2c1ccc1ccccc21. The third-order valence-corrected chi connectivity index (χ3v) is 7.15. The van der Waals surface area contributed by atoms with E-state index in [0.29, 0.717) is 4.32 Å². The number of hydrogen-bond acceptors (Lipinski definition) is 3. The first-order chi connectivity index (χ1) is 8.48. The summed E-state index contributed by atoms with van der Waals surface area (Å²) in [6, 6.07) is 12.1. The second-order valence-corrected chi connectivity index (χ2v) is 8.43. The fraction of sp³-hybridized carbons (Fsp3) is 0.154. The highest BCUT2D eigenvalue weighted by Gasteiger charge is 2.25. The summed E-state index contributed by atoms with van der Waals surface area (Å²) >= 11 is 0. The molecule has 5 heteroatoms. The topological polar surface area (TPSA) is 46.2 Å². The summed E-state index contributed by atoms with van der Waals surface area (Å²) in [6.07, 6.45) is 3.21. The minimum atomic E-state index is -3.17. The molecule has 0 saturated carbocycles. The van der Waals surface area contributed by atoms with Crippen LogP contribution in [-0.4, -0.2) is 25.2 Å². The molecule has 0 fully saturated rings. The van der Waals surface area contributed by atoms with E-state index in [-0.39, 0.29) is 0 Å². The van der Waals surface area contributed by atoms with Gasteiger partial charge in [-0.2, -0.15) is 0 Å². The number of sulfone groups is 1. The predicted octanol–water partition coefficient (Wildman–Crippen LogP) is 2.65. The Morgan fingerprint density at radius 1 is 1.11 bits per heavy atom. The van der Waals surface area contributed by atoms with Crippen molar-refractivity contribution in [3.8, 4) is 0 Å². The van der Waals surface area contributed by atoms with Crippen molar-refractivity contribution in [2.45, 2.75) is 4.90 Å². The summed E-state index contributed by atoms with van der Waals surface area (Å²) in [5.41, 5.74) is 0.944. The third-order valence-electron chi connectivity index (χ3n) is 3.06. The molecule has 0 aromatic heterocycles. The minimum Gasteiger partial charge on any atom is -0.340 e. The van der Waals surface area contributed by atoms with Gasteiger partial charge in [-0.1, -0.05) is 30.3 Å². The molecule has 0 bridgehead atoms. The van der Waals surface area contributed by atoms with Crippen molar-refractivity contribution < 1.29 is 8.42 Å². The maximum Gasteiger partial charge on any atom is 0.196 e. The zero-order chi connectivity index (χ0) is 12.9. The Morgan fingerprint density at radius 2 is 1.83 bits per heavy atom. The van der Waals surface area contributed by atoms with Crippen LogP contribution in [0.3, 0.4) is 0 Å². The van der Waals surface area contributed by atoms with E-state index >= 15 is 0 Å². The van der Waals surface area contributed by atoms with Crippen LogP contribution in [0.1, 0.15) is 0 Å². The Balaban J connectivity index is 2.31. The molecule has 3 nitrogen and oxygen atoms in total. The molecule has 0 saturated heterocycles. The zero-order valence-electron chi connectivity index (χ0n) is 10.1. The lowest BCUT2D eigenvalue weighted by atomic mass is 10.1. The first-order valence-corrected chi connectivity index (χ1v) is 9.02. The molecule has 1 aliphatic heterocycles. The van der Waals surface area contributed by atoms with Gasteiger partial charge in [-0.3, -0.25) is 0 Å². The maximum absolute atomic E-state index is 11.8. The van der Waals surface area contributed by atoms with Gasteiger partial charge in [-0.25, -0.2) is 8.42 Å². The fourth-order valence-corrected chi connectivity index (χ4v) is 5.80. The van der Waals surface area contributed by atoms with Crippen molar-refractivity contribution in [3.63, 3.8) is 0 Å². The van der Waals surface area contributed by atoms with E-state index in [2.05, 4.69) is 5.32 Å². The number of fused-ring (bicyclic) bond motifs is 3. The summed E-state index contributed by atoms with van der Waals surface area (Å²) in [7, 11) is -3.56. The molecule has 1 heterocycles. The standard InChI is InChI=1S/C13H13NO2S2/c1-17-11-8-7-9-5-3-4-6-10(9)12(11)14-13(17)18(2,15)16/h3-8,14H,1-2H3. The Morgan fingerprint density at radius 3 is 2.56 bits per heavy atom. The van der Waals surface area contributed by atoms with Crippen LogP contribution in [0.25, 0.3) is 10.8 Å². The normalized spacial score (nSPS) is 18.8. The first kappa shape index (κ1) is 11.7. The van der Waals surface area contributed by atoms with Gasteiger partial charge in [0.05, 0.1) is 5.69 Å². The van der Waals surface area contributed by atoms with Crippen molar-refractivity contribution in [3.05, 3.63) is 36.4 Å². The molecule has 2 aromatic carbocycles. The van der Waals surface area contributed by atoms with E-state index in [1.807, 2.05) is 42.7 Å². The van der Waals surface area contributed by atoms with Gasteiger partial charge < -0.3 is 5.32 Å². The monoisotopic (exact) mass is 279 g/mol. The Labute approximate surface area is 109 Å². The van der Waals surface area contributed by atoms with E-state index < -0.39 is 20.3 Å². The van der Waals surface area contributed by atoms with Crippen LogP contribution in [0.5, 0.6) is 0 Å². The van der Waals surface area contributed by atoms with E-state index in [4.69, 9.17) is 0 Å². The molecule has 3 rings (SSSR count). The van der Waals surface area contributed by atoms with E-state index in [9.17, 15) is 8.42 Å². The third kappa shape index (κ3) is 1.66. The summed E-state index contributed by atoms with van der Waals surface area (Å²) in [5, 5.41) is 5.31. The predicted molar refractivity (Wildman–Crippen MR) is 79.2 cm³/mol. The van der Waals surface area contributed by atoms with E-state index in [1.165, 1.54) is 6.26 Å². The molecule has 0 spiro atoms. The van der Waals surface area contributed by atoms with Crippen molar-refractivity contribution >= 4 is 41.1 Å². The van der Waals surface area contributed by atoms with Crippen LogP contribution in [0, 0.1) is 0 Å².